The van der Waals surface area contributed by atoms with Crippen molar-refractivity contribution in [2.75, 3.05) is 7.11 Å². The molecule has 0 bridgehead atoms. The minimum atomic E-state index is -2.99. The van der Waals surface area contributed by atoms with E-state index in [1.807, 2.05) is 30.3 Å². The first-order valence-corrected chi connectivity index (χ1v) is 7.93. The van der Waals surface area contributed by atoms with Crippen LogP contribution in [0.4, 0.5) is 8.78 Å². The third-order valence-corrected chi connectivity index (χ3v) is 3.56. The molecule has 0 spiro atoms. The van der Waals surface area contributed by atoms with E-state index in [1.165, 1.54) is 25.3 Å². The lowest BCUT2D eigenvalue weighted by atomic mass is 10.1. The van der Waals surface area contributed by atoms with Gasteiger partial charge < -0.3 is 14.2 Å². The Morgan fingerprint density at radius 1 is 1.04 bits per heavy atom. The van der Waals surface area contributed by atoms with Crippen LogP contribution in [0.5, 0.6) is 11.5 Å². The first-order valence-electron chi connectivity index (χ1n) is 7.93. The number of ether oxygens (including phenoxy) is 3. The van der Waals surface area contributed by atoms with Crippen LogP contribution in [-0.2, 0) is 9.53 Å². The predicted octanol–water partition coefficient (Wildman–Crippen LogP) is 4.31. The first kappa shape index (κ1) is 18.3. The Morgan fingerprint density at radius 3 is 2.52 bits per heavy atom. The number of nitrogens with zero attached hydrogens (tertiary/aromatic N) is 1. The minimum absolute atomic E-state index is 0.0517. The summed E-state index contributed by atoms with van der Waals surface area (Å²) < 4.78 is 39.5. The van der Waals surface area contributed by atoms with Gasteiger partial charge in [-0.25, -0.2) is 9.79 Å². The number of aliphatic imine (C=N–C) groups is 1. The number of methoxy groups -OCH3 is 1. The molecule has 0 saturated carbocycles. The summed E-state index contributed by atoms with van der Waals surface area (Å²) in [6, 6.07) is 13.8. The fourth-order valence-corrected chi connectivity index (χ4v) is 2.36. The summed E-state index contributed by atoms with van der Waals surface area (Å²) in [5.74, 6) is -0.467. The topological polar surface area (TPSA) is 57.1 Å². The lowest BCUT2D eigenvalue weighted by Gasteiger charge is -2.10. The summed E-state index contributed by atoms with van der Waals surface area (Å²) in [7, 11) is 1.34. The molecule has 0 N–H and O–H groups in total. The molecule has 0 radical (unpaired) electrons. The number of hydrogen-bond acceptors (Lipinski definition) is 5. The van der Waals surface area contributed by atoms with Crippen LogP contribution in [0, 0.1) is 0 Å². The highest BCUT2D eigenvalue weighted by Gasteiger charge is 2.21. The fraction of sp³-hybridized carbons (Fsp3) is 0.100. The van der Waals surface area contributed by atoms with Gasteiger partial charge in [0.2, 0.25) is 5.90 Å². The molecule has 0 saturated heterocycles. The first-order chi connectivity index (χ1) is 13.0. The van der Waals surface area contributed by atoms with Crippen molar-refractivity contribution in [2.24, 2.45) is 4.99 Å². The van der Waals surface area contributed by atoms with Gasteiger partial charge in [-0.15, -0.1) is 0 Å². The van der Waals surface area contributed by atoms with E-state index in [1.54, 1.807) is 18.2 Å². The number of cyclic esters (lactones) is 1. The second kappa shape index (κ2) is 8.27. The van der Waals surface area contributed by atoms with Gasteiger partial charge in [-0.1, -0.05) is 36.4 Å². The molecule has 0 unspecified atom stereocenters. The Bertz CT molecular complexity index is 921. The molecular weight excluding hydrogens is 356 g/mol. The standard InChI is InChI=1S/C20H15F2NO4/c1-25-16-9-7-14(12-17(16)26-20(21)22)11-15-19(24)27-18(23-15)10-8-13-5-3-2-4-6-13/h2-12,20H,1H3/b10-8+,15-11-. The van der Waals surface area contributed by atoms with Gasteiger partial charge in [0.25, 0.3) is 0 Å². The quantitative estimate of drug-likeness (QED) is 0.561. The molecule has 0 fully saturated rings. The zero-order valence-electron chi connectivity index (χ0n) is 14.3. The zero-order chi connectivity index (χ0) is 19.2. The summed E-state index contributed by atoms with van der Waals surface area (Å²) in [5, 5.41) is 0. The molecule has 1 heterocycles. The average Bonchev–Trinajstić information content (AvgIpc) is 3.00. The molecule has 0 aromatic heterocycles. The maximum Gasteiger partial charge on any atom is 0.387 e. The van der Waals surface area contributed by atoms with Gasteiger partial charge in [-0.05, 0) is 35.4 Å². The van der Waals surface area contributed by atoms with Crippen LogP contribution in [0.15, 0.2) is 65.3 Å². The number of halogens is 2. The maximum atomic E-state index is 12.5. The van der Waals surface area contributed by atoms with Crippen molar-refractivity contribution in [2.45, 2.75) is 6.61 Å². The molecule has 5 nitrogen and oxygen atoms in total. The van der Waals surface area contributed by atoms with Crippen LogP contribution in [0.25, 0.3) is 12.2 Å². The second-order valence-electron chi connectivity index (χ2n) is 5.40. The van der Waals surface area contributed by atoms with Crippen molar-refractivity contribution in [1.82, 2.24) is 0 Å². The van der Waals surface area contributed by atoms with E-state index < -0.39 is 12.6 Å². The minimum Gasteiger partial charge on any atom is -0.493 e. The maximum absolute atomic E-state index is 12.5. The van der Waals surface area contributed by atoms with Crippen LogP contribution in [0.3, 0.4) is 0 Å². The molecule has 3 rings (SSSR count). The van der Waals surface area contributed by atoms with Gasteiger partial charge in [-0.2, -0.15) is 8.78 Å². The largest absolute Gasteiger partial charge is 0.493 e. The highest BCUT2D eigenvalue weighted by Crippen LogP contribution is 2.30. The summed E-state index contributed by atoms with van der Waals surface area (Å²) in [4.78, 5) is 16.1. The third kappa shape index (κ3) is 4.78. The van der Waals surface area contributed by atoms with Crippen molar-refractivity contribution in [3.63, 3.8) is 0 Å². The summed E-state index contributed by atoms with van der Waals surface area (Å²) in [6.45, 7) is -2.99. The molecule has 7 heteroatoms. The molecule has 2 aromatic carbocycles. The lowest BCUT2D eigenvalue weighted by Crippen LogP contribution is -2.04. The van der Waals surface area contributed by atoms with Gasteiger partial charge in [0.1, 0.15) is 0 Å². The second-order valence-corrected chi connectivity index (χ2v) is 5.40. The van der Waals surface area contributed by atoms with Gasteiger partial charge in [-0.3, -0.25) is 0 Å². The van der Waals surface area contributed by atoms with E-state index in [0.717, 1.165) is 5.56 Å². The van der Waals surface area contributed by atoms with Crippen molar-refractivity contribution in [3.8, 4) is 11.5 Å². The molecule has 0 amide bonds. The van der Waals surface area contributed by atoms with E-state index in [4.69, 9.17) is 9.47 Å². The number of carbonyl (C=O) groups excluding carboxylic acids is 1. The van der Waals surface area contributed by atoms with Gasteiger partial charge in [0, 0.05) is 6.08 Å². The summed E-state index contributed by atoms with van der Waals surface area (Å²) in [5.41, 5.74) is 1.42. The van der Waals surface area contributed by atoms with E-state index in [0.29, 0.717) is 5.56 Å². The molecule has 1 aliphatic heterocycles. The molecular formula is C20H15F2NO4. The van der Waals surface area contributed by atoms with Crippen LogP contribution in [0.1, 0.15) is 11.1 Å². The molecule has 0 atom stereocenters. The fourth-order valence-electron chi connectivity index (χ4n) is 2.36. The number of rotatable bonds is 6. The normalized spacial score (nSPS) is 15.3. The number of alkyl halides is 2. The summed E-state index contributed by atoms with van der Waals surface area (Å²) >= 11 is 0. The number of benzene rings is 2. The van der Waals surface area contributed by atoms with Crippen LogP contribution >= 0.6 is 0 Å². The van der Waals surface area contributed by atoms with Crippen LogP contribution in [-0.4, -0.2) is 25.6 Å². The van der Waals surface area contributed by atoms with E-state index >= 15 is 0 Å². The Kier molecular flexibility index (Phi) is 5.61. The molecule has 1 aliphatic rings. The van der Waals surface area contributed by atoms with E-state index in [-0.39, 0.29) is 23.1 Å². The lowest BCUT2D eigenvalue weighted by molar-refractivity contribution is -0.129. The molecule has 27 heavy (non-hydrogen) atoms. The number of carbonyl (C=O) groups is 1. The van der Waals surface area contributed by atoms with E-state index in [9.17, 15) is 13.6 Å². The smallest absolute Gasteiger partial charge is 0.387 e. The van der Waals surface area contributed by atoms with E-state index in [2.05, 4.69) is 9.73 Å². The SMILES string of the molecule is COc1ccc(/C=C2N=C(/C=C/c3ccccc3)OC\2=O)cc1OC(F)F. The van der Waals surface area contributed by atoms with Crippen LogP contribution < -0.4 is 9.47 Å². The monoisotopic (exact) mass is 371 g/mol. The Labute approximate surface area is 154 Å². The Morgan fingerprint density at radius 2 is 1.81 bits per heavy atom. The third-order valence-electron chi connectivity index (χ3n) is 3.56. The molecule has 2 aromatic rings. The van der Waals surface area contributed by atoms with Crippen molar-refractivity contribution >= 4 is 24.0 Å². The summed E-state index contributed by atoms with van der Waals surface area (Å²) in [6.07, 6.45) is 4.76. The molecule has 0 aliphatic carbocycles. The van der Waals surface area contributed by atoms with Gasteiger partial charge in [0.15, 0.2) is 17.2 Å². The predicted molar refractivity (Wildman–Crippen MR) is 96.6 cm³/mol. The van der Waals surface area contributed by atoms with Crippen molar-refractivity contribution < 1.29 is 27.8 Å². The Hall–Kier alpha value is -3.48. The molecule has 138 valence electrons. The highest BCUT2D eigenvalue weighted by molar-refractivity contribution is 6.11. The number of hydrogen-bond donors (Lipinski definition) is 0. The van der Waals surface area contributed by atoms with Gasteiger partial charge in [0.05, 0.1) is 7.11 Å². The van der Waals surface area contributed by atoms with Crippen molar-refractivity contribution in [1.29, 1.82) is 0 Å². The van der Waals surface area contributed by atoms with Crippen LogP contribution in [0.2, 0.25) is 0 Å². The average molecular weight is 371 g/mol. The van der Waals surface area contributed by atoms with Crippen molar-refractivity contribution in [3.05, 3.63) is 71.4 Å². The van der Waals surface area contributed by atoms with Gasteiger partial charge >= 0.3 is 12.6 Å². The number of esters is 1. The Balaban J connectivity index is 1.83. The highest BCUT2D eigenvalue weighted by atomic mass is 19.3. The zero-order valence-corrected chi connectivity index (χ0v) is 14.3.